The highest BCUT2D eigenvalue weighted by Crippen LogP contribution is 2.35. The smallest absolute Gasteiger partial charge is 0.314 e. The predicted octanol–water partition coefficient (Wildman–Crippen LogP) is 4.24. The van der Waals surface area contributed by atoms with Gasteiger partial charge in [-0.2, -0.15) is 19.3 Å². The second kappa shape index (κ2) is 8.35. The van der Waals surface area contributed by atoms with Gasteiger partial charge in [-0.15, -0.1) is 0 Å². The Morgan fingerprint density at radius 1 is 0.839 bits per heavy atom. The van der Waals surface area contributed by atoms with Crippen molar-refractivity contribution in [3.8, 4) is 12.1 Å². The molecule has 0 aliphatic heterocycles. The summed E-state index contributed by atoms with van der Waals surface area (Å²) in [6, 6.07) is 23.5. The third-order valence-electron chi connectivity index (χ3n) is 5.39. The molecule has 6 nitrogen and oxygen atoms in total. The zero-order valence-electron chi connectivity index (χ0n) is 16.3. The van der Waals surface area contributed by atoms with E-state index < -0.39 is 11.4 Å². The van der Waals surface area contributed by atoms with E-state index in [1.165, 1.54) is 0 Å². The van der Waals surface area contributed by atoms with Gasteiger partial charge < -0.3 is 5.11 Å². The van der Waals surface area contributed by atoms with Crippen molar-refractivity contribution in [1.29, 1.82) is 10.5 Å². The Morgan fingerprint density at radius 2 is 1.35 bits per heavy atom. The summed E-state index contributed by atoms with van der Waals surface area (Å²) in [5.74, 6) is -0.955. The van der Waals surface area contributed by atoms with Crippen molar-refractivity contribution >= 4 is 28.7 Å². The first kappa shape index (κ1) is 20.2. The molecule has 0 aliphatic carbocycles. The average molecular weight is 424 g/mol. The monoisotopic (exact) mass is 424 g/mol. The Kier molecular flexibility index (Phi) is 5.44. The molecule has 0 atom stereocenters. The van der Waals surface area contributed by atoms with E-state index in [1.807, 2.05) is 0 Å². The quantitative estimate of drug-likeness (QED) is 0.495. The molecule has 7 heteroatoms. The van der Waals surface area contributed by atoms with E-state index in [4.69, 9.17) is 10.5 Å². The molecule has 150 valence electrons. The number of rotatable bonds is 6. The lowest BCUT2D eigenvalue weighted by atomic mass is 9.71. The minimum Gasteiger partial charge on any atom is -0.481 e. The fourth-order valence-corrected chi connectivity index (χ4v) is 4.23. The van der Waals surface area contributed by atoms with E-state index in [2.05, 4.69) is 20.9 Å². The topological polar surface area (TPSA) is 111 Å². The molecule has 0 bridgehead atoms. The number of fused-ring (bicyclic) bond motifs is 1. The van der Waals surface area contributed by atoms with Crippen molar-refractivity contribution in [3.63, 3.8) is 0 Å². The van der Waals surface area contributed by atoms with Gasteiger partial charge in [0.2, 0.25) is 0 Å². The van der Waals surface area contributed by atoms with Crippen molar-refractivity contribution in [2.24, 2.45) is 0 Å². The summed E-state index contributed by atoms with van der Waals surface area (Å²) in [6.07, 6.45) is 0.466. The lowest BCUT2D eigenvalue weighted by Gasteiger charge is -2.30. The van der Waals surface area contributed by atoms with Gasteiger partial charge >= 0.3 is 5.97 Å². The second-order valence-corrected chi connectivity index (χ2v) is 7.85. The maximum absolute atomic E-state index is 12.8. The highest BCUT2D eigenvalue weighted by atomic mass is 32.1. The van der Waals surface area contributed by atoms with Crippen LogP contribution in [0.15, 0.2) is 66.7 Å². The molecule has 1 N–H and O–H groups in total. The van der Waals surface area contributed by atoms with Crippen LogP contribution >= 0.6 is 11.7 Å². The van der Waals surface area contributed by atoms with Crippen LogP contribution < -0.4 is 0 Å². The lowest BCUT2D eigenvalue weighted by Crippen LogP contribution is -2.40. The van der Waals surface area contributed by atoms with Crippen LogP contribution in [0.3, 0.4) is 0 Å². The Bertz CT molecular complexity index is 1270. The van der Waals surface area contributed by atoms with Crippen molar-refractivity contribution < 1.29 is 9.90 Å². The fraction of sp³-hybridized carbons (Fsp3) is 0.125. The van der Waals surface area contributed by atoms with E-state index in [0.29, 0.717) is 22.2 Å². The molecule has 1 aromatic heterocycles. The zero-order valence-corrected chi connectivity index (χ0v) is 17.1. The molecular formula is C24H16N4O2S. The summed E-state index contributed by atoms with van der Waals surface area (Å²) in [4.78, 5) is 12.8. The van der Waals surface area contributed by atoms with Gasteiger partial charge in [-0.3, -0.25) is 4.79 Å². The summed E-state index contributed by atoms with van der Waals surface area (Å²) < 4.78 is 8.49. The number of carboxylic acid groups (broad SMARTS) is 1. The van der Waals surface area contributed by atoms with Crippen LogP contribution in [0.25, 0.3) is 11.0 Å². The number of hydrogen-bond donors (Lipinski definition) is 1. The molecule has 0 saturated carbocycles. The summed E-state index contributed by atoms with van der Waals surface area (Å²) >= 11 is 1.09. The molecule has 0 unspecified atom stereocenters. The molecular weight excluding hydrogens is 408 g/mol. The zero-order chi connectivity index (χ0) is 21.8. The SMILES string of the molecule is N#Cc1ccc(CC(Cc2ccc(C#N)cc2)(C(=O)O)c2ccc3nsnc3c2)cc1. The van der Waals surface area contributed by atoms with E-state index in [9.17, 15) is 9.90 Å². The molecule has 0 amide bonds. The number of carbonyl (C=O) groups is 1. The van der Waals surface area contributed by atoms with Crippen molar-refractivity contribution in [1.82, 2.24) is 8.75 Å². The van der Waals surface area contributed by atoms with Crippen LogP contribution in [0.1, 0.15) is 27.8 Å². The third-order valence-corrected chi connectivity index (χ3v) is 5.95. The van der Waals surface area contributed by atoms with Crippen molar-refractivity contribution in [2.75, 3.05) is 0 Å². The summed E-state index contributed by atoms with van der Waals surface area (Å²) in [5, 5.41) is 28.6. The first-order valence-electron chi connectivity index (χ1n) is 9.48. The van der Waals surface area contributed by atoms with E-state index in [-0.39, 0.29) is 12.8 Å². The fourth-order valence-electron chi connectivity index (χ4n) is 3.71. The van der Waals surface area contributed by atoms with Gasteiger partial charge in [0.1, 0.15) is 16.4 Å². The summed E-state index contributed by atoms with van der Waals surface area (Å²) in [6.45, 7) is 0. The maximum Gasteiger partial charge on any atom is 0.314 e. The van der Waals surface area contributed by atoms with Crippen LogP contribution in [0.4, 0.5) is 0 Å². The maximum atomic E-state index is 12.8. The molecule has 4 aromatic rings. The minimum absolute atomic E-state index is 0.233. The van der Waals surface area contributed by atoms with Gasteiger partial charge in [-0.05, 0) is 65.9 Å². The van der Waals surface area contributed by atoms with Crippen LogP contribution in [0.2, 0.25) is 0 Å². The number of aliphatic carboxylic acids is 1. The molecule has 0 aliphatic rings. The molecule has 0 saturated heterocycles. The Labute approximate surface area is 183 Å². The van der Waals surface area contributed by atoms with Gasteiger partial charge in [0.25, 0.3) is 0 Å². The second-order valence-electron chi connectivity index (χ2n) is 7.33. The van der Waals surface area contributed by atoms with Gasteiger partial charge in [-0.25, -0.2) is 0 Å². The number of hydrogen-bond acceptors (Lipinski definition) is 6. The van der Waals surface area contributed by atoms with Gasteiger partial charge in [0.15, 0.2) is 0 Å². The lowest BCUT2D eigenvalue weighted by molar-refractivity contribution is -0.143. The van der Waals surface area contributed by atoms with E-state index in [1.54, 1.807) is 66.7 Å². The molecule has 1 heterocycles. The number of aromatic nitrogens is 2. The molecule has 0 radical (unpaired) electrons. The Balaban J connectivity index is 1.83. The number of benzene rings is 3. The summed E-state index contributed by atoms with van der Waals surface area (Å²) in [7, 11) is 0. The number of nitriles is 2. The first-order valence-corrected chi connectivity index (χ1v) is 10.2. The van der Waals surface area contributed by atoms with Gasteiger partial charge in [0, 0.05) is 0 Å². The normalized spacial score (nSPS) is 11.0. The van der Waals surface area contributed by atoms with E-state index >= 15 is 0 Å². The highest BCUT2D eigenvalue weighted by molar-refractivity contribution is 7.00. The van der Waals surface area contributed by atoms with E-state index in [0.717, 1.165) is 28.4 Å². The van der Waals surface area contributed by atoms with Crippen LogP contribution in [-0.2, 0) is 23.1 Å². The van der Waals surface area contributed by atoms with Crippen LogP contribution in [-0.4, -0.2) is 19.8 Å². The predicted molar refractivity (Wildman–Crippen MR) is 116 cm³/mol. The summed E-state index contributed by atoms with van der Waals surface area (Å²) in [5.41, 5.74) is 3.42. The van der Waals surface area contributed by atoms with Crippen LogP contribution in [0, 0.1) is 22.7 Å². The standard InChI is InChI=1S/C24H16N4O2S/c25-14-18-5-1-16(2-6-18)12-24(23(29)30,13-17-3-7-19(15-26)8-4-17)20-9-10-21-22(11-20)28-31-27-21/h1-11H,12-13H2,(H,29,30). The average Bonchev–Trinajstić information content (AvgIpc) is 3.27. The molecule has 3 aromatic carbocycles. The highest BCUT2D eigenvalue weighted by Gasteiger charge is 2.41. The van der Waals surface area contributed by atoms with Crippen LogP contribution in [0.5, 0.6) is 0 Å². The minimum atomic E-state index is -1.26. The Morgan fingerprint density at radius 3 is 1.84 bits per heavy atom. The Hall–Kier alpha value is -4.07. The van der Waals surface area contributed by atoms with Gasteiger partial charge in [0.05, 0.1) is 35.0 Å². The molecule has 31 heavy (non-hydrogen) atoms. The molecule has 0 spiro atoms. The number of nitrogens with zero attached hydrogens (tertiary/aromatic N) is 4. The first-order chi connectivity index (χ1) is 15.0. The number of carboxylic acids is 1. The third kappa shape index (κ3) is 4.00. The van der Waals surface area contributed by atoms with Gasteiger partial charge in [-0.1, -0.05) is 30.3 Å². The largest absolute Gasteiger partial charge is 0.481 e. The van der Waals surface area contributed by atoms with Crippen molar-refractivity contribution in [3.05, 3.63) is 94.5 Å². The van der Waals surface area contributed by atoms with Crippen molar-refractivity contribution in [2.45, 2.75) is 18.3 Å². The molecule has 4 rings (SSSR count). The molecule has 0 fully saturated rings.